The molecule has 1 saturated heterocycles. The van der Waals surface area contributed by atoms with Crippen molar-refractivity contribution in [1.29, 1.82) is 0 Å². The highest BCUT2D eigenvalue weighted by Crippen LogP contribution is 2.22. The number of amides is 3. The van der Waals surface area contributed by atoms with Gasteiger partial charge in [0.05, 0.1) is 39.7 Å². The lowest BCUT2D eigenvalue weighted by molar-refractivity contribution is -0.145. The zero-order chi connectivity index (χ0) is 27.0. The minimum Gasteiger partial charge on any atom is -0.469 e. The highest BCUT2D eigenvalue weighted by Gasteiger charge is 2.39. The number of nitrogens with zero attached hydrogens (tertiary/aromatic N) is 1. The van der Waals surface area contributed by atoms with Gasteiger partial charge in [0, 0.05) is 18.5 Å². The van der Waals surface area contributed by atoms with Gasteiger partial charge < -0.3 is 36.3 Å². The van der Waals surface area contributed by atoms with Gasteiger partial charge in [0.1, 0.15) is 6.04 Å². The lowest BCUT2D eigenvalue weighted by Crippen LogP contribution is -2.45. The second-order valence-electron chi connectivity index (χ2n) is 7.06. The number of nitrogens with two attached hydrogens (primary N) is 3. The molecule has 0 saturated carbocycles. The first kappa shape index (κ1) is 39.7. The highest BCUT2D eigenvalue weighted by molar-refractivity contribution is 5.93. The van der Waals surface area contributed by atoms with Crippen LogP contribution in [0.4, 0.5) is 0 Å². The van der Waals surface area contributed by atoms with E-state index in [9.17, 15) is 28.8 Å². The number of primary amides is 2. The molecule has 0 aliphatic carbocycles. The van der Waals surface area contributed by atoms with Crippen LogP contribution in [0.2, 0.25) is 0 Å². The second kappa shape index (κ2) is 20.9. The van der Waals surface area contributed by atoms with Crippen molar-refractivity contribution in [2.24, 2.45) is 23.1 Å². The fraction of sp³-hybridized carbons (Fsp3) is 0.652. The second-order valence-corrected chi connectivity index (χ2v) is 7.06. The SMILES string of the molecule is C.C.C=C(CC(=O)OC)C(=O)OC.CC[C@@H](C(N)=O)N1CC(C(=O)OC)CC1=O.CC[C@H](N)C(N)=O. The van der Waals surface area contributed by atoms with Gasteiger partial charge in [-0.15, -0.1) is 0 Å². The highest BCUT2D eigenvalue weighted by atomic mass is 16.5. The molecule has 0 aromatic heterocycles. The van der Waals surface area contributed by atoms with E-state index in [0.29, 0.717) is 12.8 Å². The number of carbonyl (C=O) groups excluding carboxylic acids is 6. The lowest BCUT2D eigenvalue weighted by Gasteiger charge is -2.24. The van der Waals surface area contributed by atoms with E-state index < -0.39 is 47.7 Å². The summed E-state index contributed by atoms with van der Waals surface area (Å²) < 4.78 is 13.2. The van der Waals surface area contributed by atoms with Gasteiger partial charge in [-0.3, -0.25) is 24.0 Å². The lowest BCUT2D eigenvalue weighted by atomic mass is 10.1. The average Bonchev–Trinajstić information content (AvgIpc) is 3.19. The van der Waals surface area contributed by atoms with Gasteiger partial charge in [-0.1, -0.05) is 35.3 Å². The van der Waals surface area contributed by atoms with Crippen LogP contribution in [0.1, 0.15) is 54.4 Å². The molecule has 0 aromatic rings. The Balaban J connectivity index is -0.000000225. The van der Waals surface area contributed by atoms with E-state index in [0.717, 1.165) is 0 Å². The maximum absolute atomic E-state index is 11.6. The smallest absolute Gasteiger partial charge is 0.333 e. The summed E-state index contributed by atoms with van der Waals surface area (Å²) in [5.74, 6) is -3.18. The van der Waals surface area contributed by atoms with Crippen molar-refractivity contribution >= 4 is 35.6 Å². The molecule has 1 heterocycles. The standard InChI is InChI=1S/C10H16N2O4.C7H10O4.C4H10N2O.2CH4/c1-3-7(9(11)14)12-5-6(4-8(12)13)10(15)16-2;1-5(7(9)11-3)4-6(8)10-2;1-2-3(5)4(6)7;;/h6-7H,3-5H2,1-2H3,(H2,11,14);1,4H2,2-3H3;3H,2,5H2,1H3,(H2,6,7);2*1H4/t6?,7-;;3-;;/m0.0../s1. The number of hydrogen-bond donors (Lipinski definition) is 3. The zero-order valence-electron chi connectivity index (χ0n) is 20.3. The van der Waals surface area contributed by atoms with Crippen LogP contribution in [-0.2, 0) is 43.0 Å². The molecule has 0 bridgehead atoms. The Labute approximate surface area is 213 Å². The number of likely N-dealkylation sites (tertiary alicyclic amines) is 1. The first-order valence-corrected chi connectivity index (χ1v) is 10.3. The van der Waals surface area contributed by atoms with Gasteiger partial charge in [-0.2, -0.15) is 0 Å². The Morgan fingerprint density at radius 2 is 1.50 bits per heavy atom. The third-order valence-corrected chi connectivity index (χ3v) is 4.65. The normalized spacial score (nSPS) is 15.0. The number of methoxy groups -OCH3 is 3. The Hall–Kier alpha value is -3.48. The fourth-order valence-electron chi connectivity index (χ4n) is 2.60. The molecule has 3 atom stereocenters. The van der Waals surface area contributed by atoms with Gasteiger partial charge >= 0.3 is 17.9 Å². The Morgan fingerprint density at radius 1 is 0.972 bits per heavy atom. The summed E-state index contributed by atoms with van der Waals surface area (Å²) in [4.78, 5) is 66.6. The van der Waals surface area contributed by atoms with Crippen LogP contribution >= 0.6 is 0 Å². The maximum Gasteiger partial charge on any atom is 0.333 e. The Kier molecular flexibility index (Phi) is 23.0. The zero-order valence-corrected chi connectivity index (χ0v) is 20.3. The fourth-order valence-corrected chi connectivity index (χ4v) is 2.60. The van der Waals surface area contributed by atoms with Crippen LogP contribution in [0.15, 0.2) is 12.2 Å². The molecule has 0 spiro atoms. The van der Waals surface area contributed by atoms with Crippen molar-refractivity contribution in [3.05, 3.63) is 12.2 Å². The van der Waals surface area contributed by atoms with E-state index in [2.05, 4.69) is 20.8 Å². The quantitative estimate of drug-likeness (QED) is 0.211. The summed E-state index contributed by atoms with van der Waals surface area (Å²) in [6.45, 7) is 7.14. The number of esters is 3. The average molecular weight is 521 g/mol. The molecule has 0 aromatic carbocycles. The van der Waals surface area contributed by atoms with Crippen molar-refractivity contribution in [3.63, 3.8) is 0 Å². The summed E-state index contributed by atoms with van der Waals surface area (Å²) in [6.07, 6.45) is 1.05. The van der Waals surface area contributed by atoms with E-state index in [1.54, 1.807) is 6.92 Å². The van der Waals surface area contributed by atoms with Gasteiger partial charge in [0.25, 0.3) is 0 Å². The molecule has 6 N–H and O–H groups in total. The van der Waals surface area contributed by atoms with Crippen molar-refractivity contribution in [1.82, 2.24) is 4.90 Å². The monoisotopic (exact) mass is 520 g/mol. The third-order valence-electron chi connectivity index (χ3n) is 4.65. The van der Waals surface area contributed by atoms with Crippen LogP contribution in [0, 0.1) is 5.92 Å². The van der Waals surface area contributed by atoms with Gasteiger partial charge in [0.15, 0.2) is 0 Å². The summed E-state index contributed by atoms with van der Waals surface area (Å²) in [5, 5.41) is 0. The molecule has 13 nitrogen and oxygen atoms in total. The van der Waals surface area contributed by atoms with Crippen LogP contribution in [0.3, 0.4) is 0 Å². The van der Waals surface area contributed by atoms with Crippen LogP contribution in [0.5, 0.6) is 0 Å². The predicted molar refractivity (Wildman–Crippen MR) is 134 cm³/mol. The molecule has 36 heavy (non-hydrogen) atoms. The molecule has 1 aliphatic heterocycles. The van der Waals surface area contributed by atoms with Crippen LogP contribution < -0.4 is 17.2 Å². The summed E-state index contributed by atoms with van der Waals surface area (Å²) >= 11 is 0. The van der Waals surface area contributed by atoms with Crippen LogP contribution in [-0.4, -0.2) is 80.5 Å². The van der Waals surface area contributed by atoms with Crippen molar-refractivity contribution < 1.29 is 43.0 Å². The van der Waals surface area contributed by atoms with E-state index in [-0.39, 0.29) is 45.7 Å². The first-order valence-electron chi connectivity index (χ1n) is 10.3. The summed E-state index contributed by atoms with van der Waals surface area (Å²) in [5.41, 5.74) is 15.2. The van der Waals surface area contributed by atoms with Crippen molar-refractivity contribution in [3.8, 4) is 0 Å². The maximum atomic E-state index is 11.6. The van der Waals surface area contributed by atoms with E-state index in [1.165, 1.54) is 26.2 Å². The molecule has 1 fully saturated rings. The largest absolute Gasteiger partial charge is 0.469 e. The van der Waals surface area contributed by atoms with E-state index in [4.69, 9.17) is 17.2 Å². The van der Waals surface area contributed by atoms with Gasteiger partial charge in [-0.25, -0.2) is 4.79 Å². The molecule has 210 valence electrons. The molecule has 1 aliphatic rings. The minimum atomic E-state index is -0.623. The predicted octanol–water partition coefficient (Wildman–Crippen LogP) is 0.0317. The Morgan fingerprint density at radius 3 is 1.81 bits per heavy atom. The first-order chi connectivity index (χ1) is 15.8. The molecular weight excluding hydrogens is 476 g/mol. The van der Waals surface area contributed by atoms with Crippen molar-refractivity contribution in [2.45, 2.75) is 66.5 Å². The summed E-state index contributed by atoms with van der Waals surface area (Å²) in [7, 11) is 3.75. The number of hydrogen-bond acceptors (Lipinski definition) is 10. The van der Waals surface area contributed by atoms with Gasteiger partial charge in [-0.05, 0) is 12.8 Å². The van der Waals surface area contributed by atoms with E-state index >= 15 is 0 Å². The number of rotatable bonds is 9. The van der Waals surface area contributed by atoms with Crippen molar-refractivity contribution in [2.75, 3.05) is 27.9 Å². The molecule has 0 radical (unpaired) electrons. The molecule has 3 amide bonds. The number of ether oxygens (including phenoxy) is 3. The minimum absolute atomic E-state index is 0. The van der Waals surface area contributed by atoms with Gasteiger partial charge in [0.2, 0.25) is 17.7 Å². The molecule has 1 unspecified atom stereocenters. The topological polar surface area (TPSA) is 211 Å². The summed E-state index contributed by atoms with van der Waals surface area (Å²) in [6, 6.07) is -1.08. The molecular formula is C23H44N4O9. The third kappa shape index (κ3) is 14.7. The Bertz CT molecular complexity index is 756. The van der Waals surface area contributed by atoms with E-state index in [1.807, 2.05) is 6.92 Å². The number of carbonyl (C=O) groups is 6. The molecule has 1 rings (SSSR count). The molecule has 13 heteroatoms. The van der Waals surface area contributed by atoms with Crippen LogP contribution in [0.25, 0.3) is 0 Å².